The minimum Gasteiger partial charge on any atom is -0.479 e. The average molecular weight is 285 g/mol. The molecule has 1 saturated heterocycles. The first-order valence-electron chi connectivity index (χ1n) is 7.34. The molecule has 0 aromatic carbocycles. The van der Waals surface area contributed by atoms with Crippen molar-refractivity contribution in [2.45, 2.75) is 51.6 Å². The number of likely N-dealkylation sites (tertiary alicyclic amines) is 1. The number of carbonyl (C=O) groups is 2. The highest BCUT2D eigenvalue weighted by Gasteiger charge is 2.48. The van der Waals surface area contributed by atoms with Gasteiger partial charge in [-0.3, -0.25) is 0 Å². The van der Waals surface area contributed by atoms with E-state index in [4.69, 9.17) is 0 Å². The molecular weight excluding hydrogens is 258 g/mol. The summed E-state index contributed by atoms with van der Waals surface area (Å²) in [5.41, 5.74) is -1.02. The van der Waals surface area contributed by atoms with Crippen molar-refractivity contribution in [3.63, 3.8) is 0 Å². The van der Waals surface area contributed by atoms with Gasteiger partial charge in [0.1, 0.15) is 5.54 Å². The van der Waals surface area contributed by atoms with Crippen LogP contribution in [-0.4, -0.2) is 65.2 Å². The third-order valence-corrected chi connectivity index (χ3v) is 4.34. The number of carbonyl (C=O) groups excluding carboxylic acids is 1. The number of amides is 2. The molecule has 1 atom stereocenters. The molecule has 1 rings (SSSR count). The van der Waals surface area contributed by atoms with Crippen molar-refractivity contribution in [2.24, 2.45) is 0 Å². The van der Waals surface area contributed by atoms with Crippen LogP contribution in [0.4, 0.5) is 4.79 Å². The highest BCUT2D eigenvalue weighted by atomic mass is 16.4. The molecule has 1 aliphatic heterocycles. The summed E-state index contributed by atoms with van der Waals surface area (Å²) in [5.74, 6) is -0.896. The maximum atomic E-state index is 12.2. The van der Waals surface area contributed by atoms with Gasteiger partial charge in [-0.05, 0) is 40.2 Å². The molecular formula is C14H27N3O3. The smallest absolute Gasteiger partial charge is 0.329 e. The molecule has 2 amide bonds. The van der Waals surface area contributed by atoms with Crippen LogP contribution in [0.5, 0.6) is 0 Å². The molecule has 0 aromatic heterocycles. The van der Waals surface area contributed by atoms with Gasteiger partial charge >= 0.3 is 12.0 Å². The maximum Gasteiger partial charge on any atom is 0.329 e. The number of hydrogen-bond donors (Lipinski definition) is 2. The number of rotatable bonds is 6. The van der Waals surface area contributed by atoms with Crippen molar-refractivity contribution >= 4 is 12.0 Å². The van der Waals surface area contributed by atoms with E-state index in [9.17, 15) is 14.7 Å². The van der Waals surface area contributed by atoms with Gasteiger partial charge < -0.3 is 20.2 Å². The van der Waals surface area contributed by atoms with Crippen molar-refractivity contribution in [1.82, 2.24) is 15.1 Å². The largest absolute Gasteiger partial charge is 0.479 e. The molecule has 0 spiro atoms. The van der Waals surface area contributed by atoms with E-state index in [1.165, 1.54) is 4.90 Å². The van der Waals surface area contributed by atoms with Crippen LogP contribution < -0.4 is 5.32 Å². The summed E-state index contributed by atoms with van der Waals surface area (Å²) < 4.78 is 0. The highest BCUT2D eigenvalue weighted by molar-refractivity contribution is 5.87. The summed E-state index contributed by atoms with van der Waals surface area (Å²) >= 11 is 0. The van der Waals surface area contributed by atoms with Gasteiger partial charge in [0.2, 0.25) is 0 Å². The van der Waals surface area contributed by atoms with Crippen LogP contribution in [0.1, 0.15) is 40.0 Å². The van der Waals surface area contributed by atoms with Crippen molar-refractivity contribution in [2.75, 3.05) is 26.7 Å². The fourth-order valence-electron chi connectivity index (χ4n) is 2.61. The second kappa shape index (κ2) is 6.92. The Morgan fingerprint density at radius 3 is 2.60 bits per heavy atom. The van der Waals surface area contributed by atoms with Gasteiger partial charge in [0.25, 0.3) is 0 Å². The predicted molar refractivity (Wildman–Crippen MR) is 77.8 cm³/mol. The molecule has 6 nitrogen and oxygen atoms in total. The van der Waals surface area contributed by atoms with E-state index in [0.29, 0.717) is 32.0 Å². The van der Waals surface area contributed by atoms with Crippen LogP contribution in [0.3, 0.4) is 0 Å². The van der Waals surface area contributed by atoms with Gasteiger partial charge in [-0.2, -0.15) is 0 Å². The zero-order valence-corrected chi connectivity index (χ0v) is 13.0. The molecule has 1 fully saturated rings. The maximum absolute atomic E-state index is 12.2. The van der Waals surface area contributed by atoms with Crippen molar-refractivity contribution in [3.05, 3.63) is 0 Å². The highest BCUT2D eigenvalue weighted by Crippen LogP contribution is 2.32. The van der Waals surface area contributed by atoms with E-state index >= 15 is 0 Å². The number of likely N-dealkylation sites (N-methyl/N-ethyl adjacent to an activating group) is 1. The van der Waals surface area contributed by atoms with Crippen LogP contribution >= 0.6 is 0 Å². The quantitative estimate of drug-likeness (QED) is 0.773. The molecule has 1 aliphatic rings. The van der Waals surface area contributed by atoms with Crippen LogP contribution in [0, 0.1) is 0 Å². The summed E-state index contributed by atoms with van der Waals surface area (Å²) in [6, 6.07) is 0.163. The van der Waals surface area contributed by atoms with Crippen LogP contribution in [0.15, 0.2) is 0 Å². The second-order valence-corrected chi connectivity index (χ2v) is 5.75. The summed E-state index contributed by atoms with van der Waals surface area (Å²) in [4.78, 5) is 27.3. The number of hydrogen-bond acceptors (Lipinski definition) is 3. The van der Waals surface area contributed by atoms with E-state index < -0.39 is 11.5 Å². The Morgan fingerprint density at radius 2 is 2.10 bits per heavy atom. The lowest BCUT2D eigenvalue weighted by Crippen LogP contribution is -2.56. The molecule has 0 aromatic rings. The summed E-state index contributed by atoms with van der Waals surface area (Å²) in [6.45, 7) is 7.81. The standard InChI is InChI=1S/C14H27N3O3/c1-5-14(12(18)19)7-6-9-17(14)13(20)15-8-10-16(4)11(2)3/h11H,5-10H2,1-4H3,(H,15,20)(H,18,19). The normalized spacial score (nSPS) is 22.6. The first-order valence-corrected chi connectivity index (χ1v) is 7.34. The van der Waals surface area contributed by atoms with E-state index in [1.54, 1.807) is 0 Å². The van der Waals surface area contributed by atoms with Gasteiger partial charge in [-0.25, -0.2) is 9.59 Å². The SMILES string of the molecule is CCC1(C(=O)O)CCCN1C(=O)NCCN(C)C(C)C. The molecule has 1 heterocycles. The number of aliphatic carboxylic acids is 1. The monoisotopic (exact) mass is 285 g/mol. The molecule has 2 N–H and O–H groups in total. The summed E-state index contributed by atoms with van der Waals surface area (Å²) in [7, 11) is 2.00. The molecule has 1 unspecified atom stereocenters. The van der Waals surface area contributed by atoms with Gasteiger partial charge in [-0.1, -0.05) is 6.92 Å². The Hall–Kier alpha value is -1.30. The van der Waals surface area contributed by atoms with Crippen LogP contribution in [0.2, 0.25) is 0 Å². The van der Waals surface area contributed by atoms with Gasteiger partial charge in [0.15, 0.2) is 0 Å². The Labute approximate surface area is 121 Å². The first kappa shape index (κ1) is 16.8. The van der Waals surface area contributed by atoms with E-state index in [2.05, 4.69) is 24.1 Å². The fourth-order valence-corrected chi connectivity index (χ4v) is 2.61. The Bertz CT molecular complexity index is 360. The average Bonchev–Trinajstić information content (AvgIpc) is 2.83. The Morgan fingerprint density at radius 1 is 1.45 bits per heavy atom. The van der Waals surface area contributed by atoms with Crippen molar-refractivity contribution in [3.8, 4) is 0 Å². The zero-order valence-electron chi connectivity index (χ0n) is 13.0. The summed E-state index contributed by atoms with van der Waals surface area (Å²) in [5, 5.41) is 12.3. The van der Waals surface area contributed by atoms with E-state index in [0.717, 1.165) is 13.0 Å². The molecule has 20 heavy (non-hydrogen) atoms. The van der Waals surface area contributed by atoms with E-state index in [-0.39, 0.29) is 6.03 Å². The fraction of sp³-hybridized carbons (Fsp3) is 0.857. The number of nitrogens with one attached hydrogen (secondary N) is 1. The van der Waals surface area contributed by atoms with Gasteiger partial charge in [0, 0.05) is 25.7 Å². The van der Waals surface area contributed by atoms with Gasteiger partial charge in [-0.15, -0.1) is 0 Å². The number of carboxylic acid groups (broad SMARTS) is 1. The van der Waals surface area contributed by atoms with Gasteiger partial charge in [0.05, 0.1) is 0 Å². The molecule has 0 aliphatic carbocycles. The van der Waals surface area contributed by atoms with Crippen LogP contribution in [-0.2, 0) is 4.79 Å². The number of nitrogens with zero attached hydrogens (tertiary/aromatic N) is 2. The molecule has 116 valence electrons. The second-order valence-electron chi connectivity index (χ2n) is 5.75. The topological polar surface area (TPSA) is 72.9 Å². The molecule has 0 saturated carbocycles. The predicted octanol–water partition coefficient (Wildman–Crippen LogP) is 1.37. The Kier molecular flexibility index (Phi) is 5.80. The number of urea groups is 1. The minimum atomic E-state index is -1.02. The summed E-state index contributed by atoms with van der Waals surface area (Å²) in [6.07, 6.45) is 1.74. The Balaban J connectivity index is 2.56. The van der Waals surface area contributed by atoms with Crippen molar-refractivity contribution in [1.29, 1.82) is 0 Å². The lowest BCUT2D eigenvalue weighted by molar-refractivity contribution is -0.148. The lowest BCUT2D eigenvalue weighted by Gasteiger charge is -2.34. The van der Waals surface area contributed by atoms with Crippen LogP contribution in [0.25, 0.3) is 0 Å². The lowest BCUT2D eigenvalue weighted by atomic mass is 9.93. The van der Waals surface area contributed by atoms with E-state index in [1.807, 2.05) is 14.0 Å². The first-order chi connectivity index (χ1) is 9.35. The molecule has 6 heteroatoms. The third kappa shape index (κ3) is 3.42. The van der Waals surface area contributed by atoms with Crippen molar-refractivity contribution < 1.29 is 14.7 Å². The molecule has 0 bridgehead atoms. The third-order valence-electron chi connectivity index (χ3n) is 4.34. The molecule has 0 radical (unpaired) electrons. The number of carboxylic acids is 1. The zero-order chi connectivity index (χ0) is 15.3. The minimum absolute atomic E-state index is 0.260.